The molecule has 0 amide bonds. The number of fused-ring (bicyclic) bond motifs is 3. The Balaban J connectivity index is 2.29. The zero-order chi connectivity index (χ0) is 15.5. The van der Waals surface area contributed by atoms with Crippen molar-refractivity contribution < 1.29 is 0 Å². The van der Waals surface area contributed by atoms with E-state index in [2.05, 4.69) is 23.7 Å². The Hall–Kier alpha value is -2.08. The van der Waals surface area contributed by atoms with Gasteiger partial charge in [-0.3, -0.25) is 13.8 Å². The number of hydrogen-bond acceptors (Lipinski definition) is 4. The molecule has 0 bridgehead atoms. The van der Waals surface area contributed by atoms with Crippen molar-refractivity contribution in [2.24, 2.45) is 0 Å². The molecule has 0 radical (unpaired) electrons. The van der Waals surface area contributed by atoms with Crippen LogP contribution in [0, 0.1) is 0 Å². The highest BCUT2D eigenvalue weighted by molar-refractivity contribution is 7.99. The van der Waals surface area contributed by atoms with E-state index in [-0.39, 0.29) is 5.56 Å². The van der Waals surface area contributed by atoms with Crippen molar-refractivity contribution in [3.05, 3.63) is 47.3 Å². The fraction of sp³-hybridized carbons (Fsp3) is 0.312. The van der Waals surface area contributed by atoms with E-state index < -0.39 is 0 Å². The quantitative estimate of drug-likeness (QED) is 0.398. The second-order valence-electron chi connectivity index (χ2n) is 5.04. The molecule has 22 heavy (non-hydrogen) atoms. The lowest BCUT2D eigenvalue weighted by atomic mass is 10.2. The fourth-order valence-electron chi connectivity index (χ4n) is 2.43. The molecule has 0 atom stereocenters. The molecule has 114 valence electrons. The van der Waals surface area contributed by atoms with Gasteiger partial charge in [0.15, 0.2) is 5.16 Å². The molecule has 3 aromatic rings. The predicted molar refractivity (Wildman–Crippen MR) is 90.6 cm³/mol. The van der Waals surface area contributed by atoms with Crippen LogP contribution in [0.4, 0.5) is 0 Å². The molecule has 0 aliphatic carbocycles. The lowest BCUT2D eigenvalue weighted by Crippen LogP contribution is -2.22. The molecular weight excluding hydrogens is 296 g/mol. The van der Waals surface area contributed by atoms with Crippen LogP contribution in [0.3, 0.4) is 0 Å². The van der Waals surface area contributed by atoms with Crippen LogP contribution >= 0.6 is 11.8 Å². The van der Waals surface area contributed by atoms with E-state index in [0.717, 1.165) is 29.3 Å². The maximum absolute atomic E-state index is 12.6. The Morgan fingerprint density at radius 2 is 2.14 bits per heavy atom. The number of thioether (sulfide) groups is 1. The van der Waals surface area contributed by atoms with Crippen LogP contribution in [0.1, 0.15) is 19.8 Å². The Morgan fingerprint density at radius 3 is 2.91 bits per heavy atom. The van der Waals surface area contributed by atoms with Crippen LogP contribution in [0.2, 0.25) is 0 Å². The van der Waals surface area contributed by atoms with E-state index in [9.17, 15) is 4.79 Å². The third-order valence-corrected chi connectivity index (χ3v) is 4.53. The Labute approximate surface area is 132 Å². The number of unbranched alkanes of at least 4 members (excludes halogenated alkanes) is 1. The lowest BCUT2D eigenvalue weighted by molar-refractivity contribution is 0.783. The summed E-state index contributed by atoms with van der Waals surface area (Å²) in [5, 5.41) is 10.0. The summed E-state index contributed by atoms with van der Waals surface area (Å²) in [7, 11) is 0. The molecule has 0 spiro atoms. The maximum atomic E-state index is 12.6. The van der Waals surface area contributed by atoms with E-state index in [1.807, 2.05) is 28.7 Å². The van der Waals surface area contributed by atoms with Gasteiger partial charge >= 0.3 is 0 Å². The predicted octanol–water partition coefficient (Wildman–Crippen LogP) is 3.12. The highest BCUT2D eigenvalue weighted by Crippen LogP contribution is 2.22. The summed E-state index contributed by atoms with van der Waals surface area (Å²) < 4.78 is 3.59. The van der Waals surface area contributed by atoms with Crippen molar-refractivity contribution in [3.8, 4) is 0 Å². The first-order valence-corrected chi connectivity index (χ1v) is 8.36. The smallest absolute Gasteiger partial charge is 0.263 e. The van der Waals surface area contributed by atoms with Crippen LogP contribution in [0.25, 0.3) is 16.7 Å². The minimum atomic E-state index is -0.0551. The largest absolute Gasteiger partial charge is 0.272 e. The molecule has 0 aliphatic rings. The van der Waals surface area contributed by atoms with Gasteiger partial charge in [-0.15, -0.1) is 16.8 Å². The van der Waals surface area contributed by atoms with E-state index in [0.29, 0.717) is 17.7 Å². The highest BCUT2D eigenvalue weighted by Gasteiger charge is 2.15. The first-order chi connectivity index (χ1) is 10.8. The van der Waals surface area contributed by atoms with Gasteiger partial charge in [-0.05, 0) is 18.6 Å². The van der Waals surface area contributed by atoms with E-state index in [4.69, 9.17) is 0 Å². The lowest BCUT2D eigenvalue weighted by Gasteiger charge is -2.09. The van der Waals surface area contributed by atoms with Gasteiger partial charge in [-0.2, -0.15) is 0 Å². The van der Waals surface area contributed by atoms with E-state index >= 15 is 0 Å². The second kappa shape index (κ2) is 6.36. The number of nitrogens with zero attached hydrogens (tertiary/aromatic N) is 4. The maximum Gasteiger partial charge on any atom is 0.263 e. The van der Waals surface area contributed by atoms with Crippen molar-refractivity contribution in [2.45, 2.75) is 31.5 Å². The van der Waals surface area contributed by atoms with Crippen molar-refractivity contribution in [1.29, 1.82) is 0 Å². The molecule has 2 aromatic heterocycles. The summed E-state index contributed by atoms with van der Waals surface area (Å²) in [4.78, 5) is 12.6. The van der Waals surface area contributed by atoms with Crippen molar-refractivity contribution >= 4 is 28.4 Å². The Morgan fingerprint density at radius 1 is 1.32 bits per heavy atom. The number of allylic oxidation sites excluding steroid dienone is 1. The molecular formula is C16H18N4OS. The minimum Gasteiger partial charge on any atom is -0.272 e. The number of benzene rings is 1. The summed E-state index contributed by atoms with van der Waals surface area (Å²) in [6.07, 6.45) is 3.98. The first kappa shape index (κ1) is 14.8. The molecule has 3 rings (SSSR count). The second-order valence-corrected chi connectivity index (χ2v) is 6.10. The SMILES string of the molecule is C=CCn1c(=O)c2ccccc2n2c(SCCCC)nnc12. The van der Waals surface area contributed by atoms with Crippen LogP contribution in [0.15, 0.2) is 46.9 Å². The van der Waals surface area contributed by atoms with Gasteiger partial charge in [0.1, 0.15) is 0 Å². The first-order valence-electron chi connectivity index (χ1n) is 7.38. The summed E-state index contributed by atoms with van der Waals surface area (Å²) in [5.41, 5.74) is 0.798. The van der Waals surface area contributed by atoms with Gasteiger partial charge in [0.05, 0.1) is 10.9 Å². The molecule has 5 nitrogen and oxygen atoms in total. The zero-order valence-electron chi connectivity index (χ0n) is 12.5. The van der Waals surface area contributed by atoms with Crippen LogP contribution in [0.5, 0.6) is 0 Å². The zero-order valence-corrected chi connectivity index (χ0v) is 13.3. The molecule has 6 heteroatoms. The van der Waals surface area contributed by atoms with Crippen molar-refractivity contribution in [3.63, 3.8) is 0 Å². The van der Waals surface area contributed by atoms with E-state index in [1.165, 1.54) is 0 Å². The average Bonchev–Trinajstić information content (AvgIpc) is 2.96. The third-order valence-electron chi connectivity index (χ3n) is 3.52. The summed E-state index contributed by atoms with van der Waals surface area (Å²) >= 11 is 1.68. The summed E-state index contributed by atoms with van der Waals surface area (Å²) in [5.74, 6) is 1.56. The van der Waals surface area contributed by atoms with Gasteiger partial charge in [0.2, 0.25) is 5.78 Å². The Bertz CT molecular complexity index is 881. The molecule has 0 unspecified atom stereocenters. The fourth-order valence-corrected chi connectivity index (χ4v) is 3.45. The highest BCUT2D eigenvalue weighted by atomic mass is 32.2. The van der Waals surface area contributed by atoms with Crippen molar-refractivity contribution in [1.82, 2.24) is 19.2 Å². The number of para-hydroxylation sites is 1. The number of rotatable bonds is 6. The molecule has 0 aliphatic heterocycles. The van der Waals surface area contributed by atoms with Crippen LogP contribution in [-0.2, 0) is 6.54 Å². The van der Waals surface area contributed by atoms with Gasteiger partial charge in [-0.25, -0.2) is 0 Å². The van der Waals surface area contributed by atoms with Gasteiger partial charge in [0, 0.05) is 12.3 Å². The molecule has 1 aromatic carbocycles. The molecule has 0 saturated heterocycles. The van der Waals surface area contributed by atoms with Gasteiger partial charge in [0.25, 0.3) is 5.56 Å². The molecule has 0 N–H and O–H groups in total. The van der Waals surface area contributed by atoms with Crippen LogP contribution in [-0.4, -0.2) is 24.9 Å². The normalized spacial score (nSPS) is 11.3. The van der Waals surface area contributed by atoms with Gasteiger partial charge in [-0.1, -0.05) is 43.3 Å². The number of aromatic nitrogens is 4. The minimum absolute atomic E-state index is 0.0551. The molecule has 0 saturated carbocycles. The third kappa shape index (κ3) is 2.43. The molecule has 2 heterocycles. The van der Waals surface area contributed by atoms with Gasteiger partial charge < -0.3 is 0 Å². The molecule has 0 fully saturated rings. The summed E-state index contributed by atoms with van der Waals surface area (Å²) in [6.45, 7) is 6.32. The average molecular weight is 314 g/mol. The van der Waals surface area contributed by atoms with Crippen molar-refractivity contribution in [2.75, 3.05) is 5.75 Å². The van der Waals surface area contributed by atoms with E-state index in [1.54, 1.807) is 22.4 Å². The topological polar surface area (TPSA) is 52.2 Å². The van der Waals surface area contributed by atoms with Crippen LogP contribution < -0.4 is 5.56 Å². The Kier molecular flexibility index (Phi) is 4.29. The number of hydrogen-bond donors (Lipinski definition) is 0. The monoisotopic (exact) mass is 314 g/mol. The summed E-state index contributed by atoms with van der Waals surface area (Å²) in [6, 6.07) is 7.59. The standard InChI is InChI=1S/C16H18N4OS/c1-3-5-11-22-16-18-17-15-19(10-4-2)14(21)12-8-6-7-9-13(12)20(15)16/h4,6-9H,2-3,5,10-11H2,1H3.